The van der Waals surface area contributed by atoms with Gasteiger partial charge in [0.05, 0.1) is 7.11 Å². The van der Waals surface area contributed by atoms with Crippen LogP contribution < -0.4 is 9.39 Å². The van der Waals surface area contributed by atoms with Gasteiger partial charge in [0.25, 0.3) is 0 Å². The molecule has 0 amide bonds. The van der Waals surface area contributed by atoms with E-state index in [-0.39, 0.29) is 29.6 Å². The average Bonchev–Trinajstić information content (AvgIpc) is 2.37. The molecule has 3 N–H and O–H groups in total. The van der Waals surface area contributed by atoms with E-state index in [9.17, 15) is 14.9 Å². The highest BCUT2D eigenvalue weighted by Gasteiger charge is 2.35. The number of benzene rings is 1. The second-order valence-electron chi connectivity index (χ2n) is 4.38. The number of fused-ring (bicyclic) bond motifs is 1. The average molecular weight is 266 g/mol. The highest BCUT2D eigenvalue weighted by molar-refractivity contribution is 6.44. The Kier molecular flexibility index (Phi) is 3.97. The lowest BCUT2D eigenvalue weighted by Gasteiger charge is -2.28. The maximum Gasteiger partial charge on any atom is 0.523 e. The van der Waals surface area contributed by atoms with Gasteiger partial charge in [-0.1, -0.05) is 6.07 Å². The molecule has 0 bridgehead atoms. The predicted molar refractivity (Wildman–Crippen MR) is 67.8 cm³/mol. The Labute approximate surface area is 110 Å². The number of carbonyl (C=O) groups is 1. The van der Waals surface area contributed by atoms with E-state index in [0.717, 1.165) is 0 Å². The Morgan fingerprint density at radius 2 is 2.32 bits per heavy atom. The zero-order valence-electron chi connectivity index (χ0n) is 10.5. The van der Waals surface area contributed by atoms with Crippen LogP contribution in [0.15, 0.2) is 12.1 Å². The van der Waals surface area contributed by atoms with Gasteiger partial charge in [0.2, 0.25) is 0 Å². The monoisotopic (exact) mass is 266 g/mol. The van der Waals surface area contributed by atoms with Gasteiger partial charge in [0.15, 0.2) is 0 Å². The molecular weight excluding hydrogens is 251 g/mol. The zero-order chi connectivity index (χ0) is 14.0. The molecule has 1 aliphatic heterocycles. The highest BCUT2D eigenvalue weighted by Crippen LogP contribution is 2.42. The Balaban J connectivity index is 2.55. The molecule has 102 valence electrons. The Morgan fingerprint density at radius 3 is 2.89 bits per heavy atom. The number of methoxy groups -OCH3 is 1. The molecule has 1 aromatic carbocycles. The second-order valence-corrected chi connectivity index (χ2v) is 4.38. The molecule has 0 unspecified atom stereocenters. The number of hydrogen-bond acceptors (Lipinski definition) is 5. The Hall–Kier alpha value is -1.73. The van der Waals surface area contributed by atoms with Gasteiger partial charge in [-0.15, -0.1) is 0 Å². The topological polar surface area (TPSA) is 96.2 Å². The van der Waals surface area contributed by atoms with Crippen molar-refractivity contribution >= 4 is 13.1 Å². The highest BCUT2D eigenvalue weighted by atomic mass is 16.5. The fourth-order valence-corrected chi connectivity index (χ4v) is 2.39. The summed E-state index contributed by atoms with van der Waals surface area (Å²) in [6.45, 7) is -0.0364. The van der Waals surface area contributed by atoms with Gasteiger partial charge in [0, 0.05) is 12.9 Å². The van der Waals surface area contributed by atoms with E-state index in [1.807, 2.05) is 0 Å². The first kappa shape index (κ1) is 13.7. The maximum atomic E-state index is 11.3. The minimum Gasteiger partial charge on any atom is -0.535 e. The third kappa shape index (κ3) is 2.52. The quantitative estimate of drug-likeness (QED) is 0.695. The van der Waals surface area contributed by atoms with Crippen LogP contribution in [0.25, 0.3) is 0 Å². The van der Waals surface area contributed by atoms with Gasteiger partial charge in [-0.25, -0.2) is 4.79 Å². The van der Waals surface area contributed by atoms with Gasteiger partial charge in [-0.2, -0.15) is 0 Å². The molecule has 1 aliphatic rings. The third-order valence-electron chi connectivity index (χ3n) is 3.24. The van der Waals surface area contributed by atoms with Crippen LogP contribution in [0.4, 0.5) is 0 Å². The van der Waals surface area contributed by atoms with E-state index >= 15 is 0 Å². The standard InChI is InChI=1S/C12H15BO6/c1-18-9-3-2-8-7(4-5-14)6-13(17)19-11(8)10(9)12(15)16/h2-3,7,14,17H,4-6H2,1H3,(H,15,16)/t7-/m1/s1. The maximum absolute atomic E-state index is 11.3. The smallest absolute Gasteiger partial charge is 0.523 e. The molecule has 7 heteroatoms. The van der Waals surface area contributed by atoms with Gasteiger partial charge >= 0.3 is 13.1 Å². The molecule has 0 saturated heterocycles. The predicted octanol–water partition coefficient (Wildman–Crippen LogP) is 0.732. The molecule has 1 atom stereocenters. The first-order valence-electron chi connectivity index (χ1n) is 5.98. The first-order chi connectivity index (χ1) is 9.08. The number of aliphatic hydroxyl groups is 1. The molecular formula is C12H15BO6. The summed E-state index contributed by atoms with van der Waals surface area (Å²) in [4.78, 5) is 11.3. The van der Waals surface area contributed by atoms with Crippen molar-refractivity contribution in [1.82, 2.24) is 0 Å². The van der Waals surface area contributed by atoms with Crippen molar-refractivity contribution in [2.75, 3.05) is 13.7 Å². The molecule has 0 fully saturated rings. The summed E-state index contributed by atoms with van der Waals surface area (Å²) in [6, 6.07) is 3.28. The van der Waals surface area contributed by atoms with E-state index < -0.39 is 13.1 Å². The number of carboxylic acid groups (broad SMARTS) is 1. The van der Waals surface area contributed by atoms with Crippen LogP contribution in [0, 0.1) is 0 Å². The zero-order valence-corrected chi connectivity index (χ0v) is 10.5. The lowest BCUT2D eigenvalue weighted by atomic mass is 9.70. The summed E-state index contributed by atoms with van der Waals surface area (Å²) in [7, 11) is 0.299. The van der Waals surface area contributed by atoms with Crippen molar-refractivity contribution in [2.45, 2.75) is 18.7 Å². The van der Waals surface area contributed by atoms with Gasteiger partial charge in [0.1, 0.15) is 17.1 Å². The van der Waals surface area contributed by atoms with E-state index in [1.54, 1.807) is 12.1 Å². The first-order valence-corrected chi connectivity index (χ1v) is 5.98. The van der Waals surface area contributed by atoms with Crippen LogP contribution >= 0.6 is 0 Å². The third-order valence-corrected chi connectivity index (χ3v) is 3.24. The van der Waals surface area contributed by atoms with E-state index in [4.69, 9.17) is 14.5 Å². The van der Waals surface area contributed by atoms with Crippen LogP contribution in [0.5, 0.6) is 11.5 Å². The number of hydrogen-bond donors (Lipinski definition) is 3. The number of rotatable bonds is 4. The molecule has 0 aliphatic carbocycles. The van der Waals surface area contributed by atoms with Crippen molar-refractivity contribution in [1.29, 1.82) is 0 Å². The number of aliphatic hydroxyl groups excluding tert-OH is 1. The van der Waals surface area contributed by atoms with Crippen molar-refractivity contribution < 1.29 is 29.4 Å². The van der Waals surface area contributed by atoms with Crippen LogP contribution in [0.3, 0.4) is 0 Å². The lowest BCUT2D eigenvalue weighted by molar-refractivity contribution is 0.0690. The largest absolute Gasteiger partial charge is 0.535 e. The molecule has 1 aromatic rings. The van der Waals surface area contributed by atoms with Crippen molar-refractivity contribution in [3.63, 3.8) is 0 Å². The molecule has 1 heterocycles. The minimum absolute atomic E-state index is 0.0364. The lowest BCUT2D eigenvalue weighted by Crippen LogP contribution is -2.31. The van der Waals surface area contributed by atoms with Crippen LogP contribution in [-0.4, -0.2) is 42.0 Å². The molecule has 0 aromatic heterocycles. The van der Waals surface area contributed by atoms with Crippen LogP contribution in [0.1, 0.15) is 28.3 Å². The molecule has 0 saturated carbocycles. The summed E-state index contributed by atoms with van der Waals surface area (Å²) in [5.41, 5.74) is 0.583. The number of carboxylic acids is 1. The molecule has 19 heavy (non-hydrogen) atoms. The van der Waals surface area contributed by atoms with Crippen molar-refractivity contribution in [3.05, 3.63) is 23.3 Å². The summed E-state index contributed by atoms with van der Waals surface area (Å²) >= 11 is 0. The Morgan fingerprint density at radius 1 is 1.58 bits per heavy atom. The molecule has 2 rings (SSSR count). The number of ether oxygens (including phenoxy) is 1. The number of aromatic carboxylic acids is 1. The second kappa shape index (κ2) is 5.50. The molecule has 0 spiro atoms. The van der Waals surface area contributed by atoms with Gasteiger partial charge in [-0.3, -0.25) is 0 Å². The van der Waals surface area contributed by atoms with Crippen LogP contribution in [0.2, 0.25) is 6.32 Å². The summed E-state index contributed by atoms with van der Waals surface area (Å²) in [5, 5.41) is 28.0. The Bertz CT molecular complexity index is 489. The molecule has 0 radical (unpaired) electrons. The van der Waals surface area contributed by atoms with E-state index in [1.165, 1.54) is 7.11 Å². The van der Waals surface area contributed by atoms with Gasteiger partial charge in [-0.05, 0) is 24.0 Å². The van der Waals surface area contributed by atoms with Crippen molar-refractivity contribution in [3.8, 4) is 11.5 Å². The fraction of sp³-hybridized carbons (Fsp3) is 0.417. The van der Waals surface area contributed by atoms with Gasteiger partial charge < -0.3 is 24.6 Å². The summed E-state index contributed by atoms with van der Waals surface area (Å²) in [5.74, 6) is -0.995. The van der Waals surface area contributed by atoms with E-state index in [2.05, 4.69) is 0 Å². The van der Waals surface area contributed by atoms with E-state index in [0.29, 0.717) is 18.3 Å². The summed E-state index contributed by atoms with van der Waals surface area (Å²) in [6.07, 6.45) is 0.776. The minimum atomic E-state index is -1.18. The normalized spacial score (nSPS) is 17.6. The SMILES string of the molecule is COc1ccc2c(c1C(=O)O)OB(O)C[C@H]2CCO. The van der Waals surface area contributed by atoms with Crippen LogP contribution in [-0.2, 0) is 0 Å². The van der Waals surface area contributed by atoms with Crippen molar-refractivity contribution in [2.24, 2.45) is 0 Å². The summed E-state index contributed by atoms with van der Waals surface area (Å²) < 4.78 is 10.3. The molecule has 6 nitrogen and oxygen atoms in total. The fourth-order valence-electron chi connectivity index (χ4n) is 2.39.